The number of nitrogens with one attached hydrogen (secondary N) is 1. The normalized spacial score (nSPS) is 14.6. The van der Waals surface area contributed by atoms with E-state index in [2.05, 4.69) is 5.32 Å². The Bertz CT molecular complexity index is 441. The second kappa shape index (κ2) is 5.93. The number of ether oxygens (including phenoxy) is 1. The lowest BCUT2D eigenvalue weighted by atomic mass is 10.00. The number of nitrogens with two attached hydrogens (primary N) is 2. The Morgan fingerprint density at radius 2 is 1.89 bits per heavy atom. The molecule has 106 valence electrons. The molecule has 0 fully saturated rings. The number of hydrogen-bond donors (Lipinski definition) is 3. The number of carbonyl (C=O) groups excluding carboxylic acids is 1. The van der Waals surface area contributed by atoms with Crippen LogP contribution in [0.1, 0.15) is 39.3 Å². The van der Waals surface area contributed by atoms with E-state index in [0.29, 0.717) is 5.69 Å². The Kier molecular flexibility index (Phi) is 4.78. The van der Waals surface area contributed by atoms with Crippen molar-refractivity contribution >= 4 is 11.8 Å². The molecule has 1 aromatic rings. The fourth-order valence-electron chi connectivity index (χ4n) is 1.67. The van der Waals surface area contributed by atoms with Crippen LogP contribution in [0.5, 0.6) is 0 Å². The molecule has 1 aromatic carbocycles. The molecule has 0 aromatic heterocycles. The Morgan fingerprint density at radius 3 is 2.42 bits per heavy atom. The van der Waals surface area contributed by atoms with Gasteiger partial charge in [-0.15, -0.1) is 0 Å². The summed E-state index contributed by atoms with van der Waals surface area (Å²) in [6, 6.07) is 6.69. The first-order chi connectivity index (χ1) is 8.70. The second-order valence-corrected chi connectivity index (χ2v) is 5.59. The van der Waals surface area contributed by atoms with E-state index in [9.17, 15) is 4.79 Å². The average molecular weight is 265 g/mol. The third-order valence-corrected chi connectivity index (χ3v) is 2.64. The fraction of sp³-hybridized carbons (Fsp3) is 0.500. The molecule has 0 radical (unpaired) electrons. The Hall–Kier alpha value is -1.75. The number of para-hydroxylation sites is 1. The number of benzene rings is 1. The van der Waals surface area contributed by atoms with Gasteiger partial charge < -0.3 is 21.5 Å². The highest BCUT2D eigenvalue weighted by atomic mass is 16.6. The van der Waals surface area contributed by atoms with Crippen LogP contribution in [0.3, 0.4) is 0 Å². The maximum absolute atomic E-state index is 11.7. The molecular formula is C14H23N3O2. The summed E-state index contributed by atoms with van der Waals surface area (Å²) < 4.78 is 5.19. The molecule has 0 heterocycles. The molecule has 0 aliphatic heterocycles. The van der Waals surface area contributed by atoms with Gasteiger partial charge in [0, 0.05) is 11.7 Å². The van der Waals surface area contributed by atoms with Gasteiger partial charge in [-0.2, -0.15) is 0 Å². The van der Waals surface area contributed by atoms with Crippen molar-refractivity contribution in [3.8, 4) is 0 Å². The first kappa shape index (κ1) is 15.3. The highest BCUT2D eigenvalue weighted by Gasteiger charge is 2.22. The van der Waals surface area contributed by atoms with E-state index < -0.39 is 11.7 Å². The first-order valence-corrected chi connectivity index (χ1v) is 6.30. The molecule has 5 N–H and O–H groups in total. The Balaban J connectivity index is 2.66. The van der Waals surface area contributed by atoms with Crippen LogP contribution in [0.4, 0.5) is 10.5 Å². The SMILES string of the molecule is CC(NC(=O)OC(C)(C)C)C(N)c1ccccc1N. The summed E-state index contributed by atoms with van der Waals surface area (Å²) in [5.74, 6) is 0. The van der Waals surface area contributed by atoms with E-state index in [1.165, 1.54) is 0 Å². The lowest BCUT2D eigenvalue weighted by Gasteiger charge is -2.25. The molecule has 2 atom stereocenters. The third kappa shape index (κ3) is 4.79. The van der Waals surface area contributed by atoms with Crippen molar-refractivity contribution in [2.75, 3.05) is 5.73 Å². The molecule has 0 saturated carbocycles. The Labute approximate surface area is 114 Å². The van der Waals surface area contributed by atoms with Crippen molar-refractivity contribution in [2.24, 2.45) is 5.73 Å². The molecule has 19 heavy (non-hydrogen) atoms. The molecule has 1 amide bonds. The molecule has 0 bridgehead atoms. The topological polar surface area (TPSA) is 90.4 Å². The zero-order valence-corrected chi connectivity index (χ0v) is 11.9. The largest absolute Gasteiger partial charge is 0.444 e. The van der Waals surface area contributed by atoms with Crippen molar-refractivity contribution in [3.63, 3.8) is 0 Å². The maximum Gasteiger partial charge on any atom is 0.407 e. The zero-order chi connectivity index (χ0) is 14.6. The minimum absolute atomic E-state index is 0.278. The van der Waals surface area contributed by atoms with E-state index in [4.69, 9.17) is 16.2 Å². The van der Waals surface area contributed by atoms with Crippen LogP contribution < -0.4 is 16.8 Å². The minimum Gasteiger partial charge on any atom is -0.444 e. The summed E-state index contributed by atoms with van der Waals surface area (Å²) in [6.07, 6.45) is -0.482. The molecule has 5 nitrogen and oxygen atoms in total. The van der Waals surface area contributed by atoms with E-state index in [0.717, 1.165) is 5.56 Å². The predicted molar refractivity (Wildman–Crippen MR) is 76.6 cm³/mol. The van der Waals surface area contributed by atoms with E-state index in [1.807, 2.05) is 45.9 Å². The monoisotopic (exact) mass is 265 g/mol. The molecule has 5 heteroatoms. The quantitative estimate of drug-likeness (QED) is 0.731. The van der Waals surface area contributed by atoms with Gasteiger partial charge in [0.2, 0.25) is 0 Å². The third-order valence-electron chi connectivity index (χ3n) is 2.64. The number of alkyl carbamates (subject to hydrolysis) is 1. The van der Waals surface area contributed by atoms with Crippen LogP contribution in [0.25, 0.3) is 0 Å². The van der Waals surface area contributed by atoms with Gasteiger partial charge in [0.1, 0.15) is 5.60 Å². The summed E-state index contributed by atoms with van der Waals surface area (Å²) in [5, 5.41) is 2.72. The molecule has 2 unspecified atom stereocenters. The summed E-state index contributed by atoms with van der Waals surface area (Å²) >= 11 is 0. The van der Waals surface area contributed by atoms with Gasteiger partial charge in [0.25, 0.3) is 0 Å². The lowest BCUT2D eigenvalue weighted by molar-refractivity contribution is 0.0501. The standard InChI is InChI=1S/C14H23N3O2/c1-9(17-13(18)19-14(2,3)4)12(16)10-7-5-6-8-11(10)15/h5-9,12H,15-16H2,1-4H3,(H,17,18). The van der Waals surface area contributed by atoms with E-state index in [1.54, 1.807) is 6.07 Å². The van der Waals surface area contributed by atoms with Gasteiger partial charge >= 0.3 is 6.09 Å². The van der Waals surface area contributed by atoms with Crippen LogP contribution >= 0.6 is 0 Å². The number of anilines is 1. The van der Waals surface area contributed by atoms with Gasteiger partial charge in [0.15, 0.2) is 0 Å². The van der Waals surface area contributed by atoms with Gasteiger partial charge in [-0.25, -0.2) is 4.79 Å². The Morgan fingerprint density at radius 1 is 1.32 bits per heavy atom. The zero-order valence-electron chi connectivity index (χ0n) is 11.9. The molecule has 0 spiro atoms. The molecule has 0 aliphatic rings. The van der Waals surface area contributed by atoms with Crippen molar-refractivity contribution in [2.45, 2.75) is 45.4 Å². The molecule has 0 aliphatic carbocycles. The smallest absolute Gasteiger partial charge is 0.407 e. The van der Waals surface area contributed by atoms with Gasteiger partial charge in [0.05, 0.1) is 6.04 Å². The maximum atomic E-state index is 11.7. The highest BCUT2D eigenvalue weighted by Crippen LogP contribution is 2.20. The first-order valence-electron chi connectivity index (χ1n) is 6.30. The van der Waals surface area contributed by atoms with Crippen molar-refractivity contribution < 1.29 is 9.53 Å². The van der Waals surface area contributed by atoms with Gasteiger partial charge in [-0.1, -0.05) is 18.2 Å². The number of hydrogen-bond acceptors (Lipinski definition) is 4. The molecular weight excluding hydrogens is 242 g/mol. The number of amides is 1. The lowest BCUT2D eigenvalue weighted by Crippen LogP contribution is -2.43. The van der Waals surface area contributed by atoms with Crippen molar-refractivity contribution in [3.05, 3.63) is 29.8 Å². The predicted octanol–water partition coefficient (Wildman–Crippen LogP) is 2.18. The molecule has 1 rings (SSSR count). The molecule has 0 saturated heterocycles. The van der Waals surface area contributed by atoms with Crippen LogP contribution in [0, 0.1) is 0 Å². The number of rotatable bonds is 3. The van der Waals surface area contributed by atoms with Gasteiger partial charge in [-0.05, 0) is 39.3 Å². The van der Waals surface area contributed by atoms with Crippen LogP contribution in [0.15, 0.2) is 24.3 Å². The van der Waals surface area contributed by atoms with Crippen LogP contribution in [-0.2, 0) is 4.74 Å². The van der Waals surface area contributed by atoms with E-state index >= 15 is 0 Å². The van der Waals surface area contributed by atoms with Crippen molar-refractivity contribution in [1.29, 1.82) is 0 Å². The minimum atomic E-state index is -0.528. The summed E-state index contributed by atoms with van der Waals surface area (Å²) in [6.45, 7) is 7.26. The summed E-state index contributed by atoms with van der Waals surface area (Å²) in [4.78, 5) is 11.7. The van der Waals surface area contributed by atoms with Crippen LogP contribution in [0.2, 0.25) is 0 Å². The summed E-state index contributed by atoms with van der Waals surface area (Å²) in [5.41, 5.74) is 12.9. The van der Waals surface area contributed by atoms with Crippen LogP contribution in [-0.4, -0.2) is 17.7 Å². The second-order valence-electron chi connectivity index (χ2n) is 5.59. The van der Waals surface area contributed by atoms with E-state index in [-0.39, 0.29) is 12.1 Å². The van der Waals surface area contributed by atoms with Crippen molar-refractivity contribution in [1.82, 2.24) is 5.32 Å². The number of nitrogen functional groups attached to an aromatic ring is 1. The average Bonchev–Trinajstić information content (AvgIpc) is 2.26. The number of carbonyl (C=O) groups is 1. The van der Waals surface area contributed by atoms with Gasteiger partial charge in [-0.3, -0.25) is 0 Å². The highest BCUT2D eigenvalue weighted by molar-refractivity contribution is 5.68. The summed E-state index contributed by atoms with van der Waals surface area (Å²) in [7, 11) is 0. The fourth-order valence-corrected chi connectivity index (χ4v) is 1.67.